The van der Waals surface area contributed by atoms with Crippen LogP contribution in [-0.2, 0) is 30.8 Å². The predicted molar refractivity (Wildman–Crippen MR) is 212 cm³/mol. The van der Waals surface area contributed by atoms with Crippen LogP contribution in [0.15, 0.2) is 66.7 Å². The van der Waals surface area contributed by atoms with Crippen LogP contribution in [0.1, 0.15) is 57.9 Å². The van der Waals surface area contributed by atoms with Crippen molar-refractivity contribution in [2.24, 2.45) is 22.7 Å². The van der Waals surface area contributed by atoms with Crippen molar-refractivity contribution in [1.29, 1.82) is 0 Å². The fraction of sp³-hybridized carbons (Fsp3) is 0.439. The lowest BCUT2D eigenvalue weighted by Crippen LogP contribution is -2.48. The average molecular weight is 823 g/mol. The summed E-state index contributed by atoms with van der Waals surface area (Å²) in [5.74, 6) is -2.10. The van der Waals surface area contributed by atoms with Gasteiger partial charge in [-0.3, -0.25) is 19.1 Å². The van der Waals surface area contributed by atoms with Crippen LogP contribution < -0.4 is 14.2 Å². The quantitative estimate of drug-likeness (QED) is 0.131. The summed E-state index contributed by atoms with van der Waals surface area (Å²) in [6.45, 7) is 9.70. The van der Waals surface area contributed by atoms with Gasteiger partial charge in [0.05, 0.1) is 47.3 Å². The molecule has 15 heteroatoms. The van der Waals surface area contributed by atoms with E-state index in [9.17, 15) is 27.2 Å². The Labute approximate surface area is 334 Å². The third-order valence-corrected chi connectivity index (χ3v) is 14.1. The molecule has 2 aromatic heterocycles. The Morgan fingerprint density at radius 3 is 2.59 bits per heavy atom. The van der Waals surface area contributed by atoms with Gasteiger partial charge in [-0.05, 0) is 60.9 Å². The molecule has 56 heavy (non-hydrogen) atoms. The number of nitrogens with zero attached hydrogens (tertiary/aromatic N) is 3. The summed E-state index contributed by atoms with van der Waals surface area (Å²) in [5.41, 5.74) is -1.06. The van der Waals surface area contributed by atoms with Crippen LogP contribution in [-0.4, -0.2) is 71.9 Å². The van der Waals surface area contributed by atoms with Crippen molar-refractivity contribution in [3.63, 3.8) is 0 Å². The summed E-state index contributed by atoms with van der Waals surface area (Å²) in [6, 6.07) is 10.6. The Hall–Kier alpha value is -4.40. The first-order chi connectivity index (χ1) is 26.5. The van der Waals surface area contributed by atoms with Gasteiger partial charge in [-0.1, -0.05) is 50.6 Å². The van der Waals surface area contributed by atoms with Crippen molar-refractivity contribution >= 4 is 61.3 Å². The largest absolute Gasteiger partial charge is 0.494 e. The Morgan fingerprint density at radius 2 is 1.93 bits per heavy atom. The Bertz CT molecular complexity index is 2330. The van der Waals surface area contributed by atoms with E-state index in [-0.39, 0.29) is 49.8 Å². The number of amides is 2. The van der Waals surface area contributed by atoms with E-state index in [2.05, 4.69) is 16.3 Å². The number of benzene rings is 2. The standard InChI is InChI=1S/C41H44ClFN4O7S2/c1-6-23-18-41(23,39(50)46-56(51,52)26-12-13-26)19-34(48)33-16-25(54-37-29-15-24(42)11-14-27(29)35(53-5)20-44-37)21-47(33)38(49)30(40(2,3)4)17-36-45-32(22-55-36)28-9-7-8-10-31(28)43/h6-11,14-15,20,22-23,25-26,30,33H,1,12-13,16-19,21H2,2-5H3,(H,46,50)/t23-,25-,30-,33+,41-/m1/s1. The molecule has 1 N–H and O–H groups in total. The minimum atomic E-state index is -3.87. The van der Waals surface area contributed by atoms with Crippen molar-refractivity contribution in [1.82, 2.24) is 19.6 Å². The highest BCUT2D eigenvalue weighted by molar-refractivity contribution is 7.90. The van der Waals surface area contributed by atoms with Crippen molar-refractivity contribution in [3.8, 4) is 22.9 Å². The Morgan fingerprint density at radius 1 is 1.18 bits per heavy atom. The molecule has 5 atom stereocenters. The van der Waals surface area contributed by atoms with Gasteiger partial charge in [0.2, 0.25) is 27.7 Å². The van der Waals surface area contributed by atoms with Gasteiger partial charge in [-0.15, -0.1) is 17.9 Å². The summed E-state index contributed by atoms with van der Waals surface area (Å²) in [6.07, 6.45) is 3.69. The average Bonchev–Trinajstić information content (AvgIpc) is 4.04. The highest BCUT2D eigenvalue weighted by Crippen LogP contribution is 2.57. The molecule has 1 saturated heterocycles. The monoisotopic (exact) mass is 822 g/mol. The van der Waals surface area contributed by atoms with Gasteiger partial charge in [0.25, 0.3) is 0 Å². The molecule has 11 nitrogen and oxygen atoms in total. The molecular weight excluding hydrogens is 779 g/mol. The first-order valence-corrected chi connectivity index (χ1v) is 21.3. The number of sulfonamides is 1. The number of Topliss-reactive ketones (excluding diaryl/α,β-unsaturated/α-hetero) is 1. The molecule has 7 rings (SSSR count). The number of hydrogen-bond donors (Lipinski definition) is 1. The molecule has 3 heterocycles. The van der Waals surface area contributed by atoms with E-state index in [0.717, 1.165) is 0 Å². The van der Waals surface area contributed by atoms with E-state index in [0.29, 0.717) is 50.7 Å². The van der Waals surface area contributed by atoms with Crippen LogP contribution in [0.4, 0.5) is 4.39 Å². The van der Waals surface area contributed by atoms with E-state index in [1.807, 2.05) is 20.8 Å². The summed E-state index contributed by atoms with van der Waals surface area (Å²) in [4.78, 5) is 53.8. The molecule has 1 aliphatic heterocycles. The first-order valence-electron chi connectivity index (χ1n) is 18.5. The van der Waals surface area contributed by atoms with Gasteiger partial charge >= 0.3 is 0 Å². The molecule has 3 aliphatic rings. The molecule has 3 fully saturated rings. The second-order valence-corrected chi connectivity index (χ2v) is 19.4. The van der Waals surface area contributed by atoms with Gasteiger partial charge in [0.1, 0.15) is 17.7 Å². The summed E-state index contributed by atoms with van der Waals surface area (Å²) < 4.78 is 54.5. The maximum atomic E-state index is 14.9. The molecule has 0 bridgehead atoms. The van der Waals surface area contributed by atoms with Crippen LogP contribution in [0.5, 0.6) is 11.6 Å². The second kappa shape index (κ2) is 15.2. The number of fused-ring (bicyclic) bond motifs is 1. The second-order valence-electron chi connectivity index (χ2n) is 16.1. The number of allylic oxidation sites excluding steroid dienone is 1. The summed E-state index contributed by atoms with van der Waals surface area (Å²) in [7, 11) is -2.33. The number of rotatable bonds is 14. The fourth-order valence-electron chi connectivity index (χ4n) is 7.65. The van der Waals surface area contributed by atoms with Crippen molar-refractivity contribution in [2.75, 3.05) is 13.7 Å². The minimum absolute atomic E-state index is 0.0378. The van der Waals surface area contributed by atoms with Crippen molar-refractivity contribution in [2.45, 2.75) is 76.7 Å². The van der Waals surface area contributed by atoms with Gasteiger partial charge in [0, 0.05) is 51.9 Å². The molecule has 296 valence electrons. The maximum absolute atomic E-state index is 14.9. The molecule has 0 radical (unpaired) electrons. The van der Waals surface area contributed by atoms with Crippen LogP contribution >= 0.6 is 22.9 Å². The van der Waals surface area contributed by atoms with Crippen molar-refractivity contribution in [3.05, 3.63) is 82.5 Å². The zero-order valence-electron chi connectivity index (χ0n) is 31.6. The smallest absolute Gasteiger partial charge is 0.240 e. The number of likely N-dealkylation sites (tertiary alicyclic amines) is 1. The highest BCUT2D eigenvalue weighted by atomic mass is 35.5. The number of methoxy groups -OCH3 is 1. The number of carbonyl (C=O) groups excluding carboxylic acids is 3. The molecular formula is C41H44ClFN4O7S2. The number of thiazole rings is 1. The minimum Gasteiger partial charge on any atom is -0.494 e. The van der Waals surface area contributed by atoms with Gasteiger partial charge in [0.15, 0.2) is 5.78 Å². The first kappa shape index (κ1) is 39.8. The fourth-order valence-corrected chi connectivity index (χ4v) is 10.1. The Kier molecular flexibility index (Phi) is 10.8. The van der Waals surface area contributed by atoms with Crippen molar-refractivity contribution < 1.29 is 36.7 Å². The van der Waals surface area contributed by atoms with E-state index in [1.165, 1.54) is 35.6 Å². The zero-order chi connectivity index (χ0) is 40.2. The van der Waals surface area contributed by atoms with E-state index < -0.39 is 61.8 Å². The lowest BCUT2D eigenvalue weighted by molar-refractivity contribution is -0.144. The number of pyridine rings is 1. The molecule has 0 unspecified atom stereocenters. The summed E-state index contributed by atoms with van der Waals surface area (Å²) in [5, 5.41) is 3.54. The third-order valence-electron chi connectivity index (χ3n) is 11.2. The SMILES string of the molecule is C=C[C@@H]1C[C@]1(CC(=O)[C@@H]1C[C@@H](Oc2ncc(OC)c3ccc(Cl)cc23)CN1C(=O)[C@@H](Cc1nc(-c2ccccc2F)cs1)C(C)(C)C)C(=O)NS(=O)(=O)C1CC1. The molecule has 2 saturated carbocycles. The van der Waals surface area contributed by atoms with E-state index >= 15 is 0 Å². The summed E-state index contributed by atoms with van der Waals surface area (Å²) >= 11 is 7.71. The molecule has 2 amide bonds. The highest BCUT2D eigenvalue weighted by Gasteiger charge is 2.61. The van der Waals surface area contributed by atoms with Crippen LogP contribution in [0.2, 0.25) is 5.02 Å². The molecule has 4 aromatic rings. The normalized spacial score (nSPS) is 22.8. The lowest BCUT2D eigenvalue weighted by atomic mass is 9.77. The number of carbonyl (C=O) groups is 3. The molecule has 2 aliphatic carbocycles. The van der Waals surface area contributed by atoms with Gasteiger partial charge < -0.3 is 14.4 Å². The Balaban J connectivity index is 1.19. The number of ether oxygens (including phenoxy) is 2. The topological polar surface area (TPSA) is 145 Å². The van der Waals surface area contributed by atoms with Gasteiger partial charge in [-0.25, -0.2) is 22.8 Å². The van der Waals surface area contributed by atoms with Crippen LogP contribution in [0.3, 0.4) is 0 Å². The van der Waals surface area contributed by atoms with E-state index in [1.54, 1.807) is 47.9 Å². The third kappa shape index (κ3) is 7.92. The van der Waals surface area contributed by atoms with Crippen LogP contribution in [0.25, 0.3) is 22.0 Å². The van der Waals surface area contributed by atoms with Gasteiger partial charge in [-0.2, -0.15) is 0 Å². The number of aromatic nitrogens is 2. The number of nitrogens with one attached hydrogen (secondary N) is 1. The maximum Gasteiger partial charge on any atom is 0.240 e. The predicted octanol–water partition coefficient (Wildman–Crippen LogP) is 7.17. The van der Waals surface area contributed by atoms with E-state index in [4.69, 9.17) is 26.1 Å². The number of ketones is 1. The number of halogens is 2. The molecule has 0 spiro atoms. The lowest BCUT2D eigenvalue weighted by Gasteiger charge is -2.35. The van der Waals surface area contributed by atoms with Crippen LogP contribution in [0, 0.1) is 28.5 Å². The zero-order valence-corrected chi connectivity index (χ0v) is 34.0. The number of hydrogen-bond acceptors (Lipinski definition) is 10. The molecule has 2 aromatic carbocycles.